The molecular formula is C13H17N3O4. The Balaban J connectivity index is 2.19. The molecule has 2 heterocycles. The Hall–Kier alpha value is -2.18. The van der Waals surface area contributed by atoms with Crippen molar-refractivity contribution in [1.29, 1.82) is 0 Å². The predicted octanol–water partition coefficient (Wildman–Crippen LogP) is 0.810. The minimum atomic E-state index is -0.980. The second kappa shape index (κ2) is 5.85. The van der Waals surface area contributed by atoms with Crippen LogP contribution >= 0.6 is 0 Å². The molecule has 2 rings (SSSR count). The molecule has 108 valence electrons. The number of amides is 1. The van der Waals surface area contributed by atoms with Crippen molar-refractivity contribution >= 4 is 11.9 Å². The van der Waals surface area contributed by atoms with Crippen molar-refractivity contribution in [2.45, 2.75) is 25.8 Å². The number of rotatable bonds is 3. The number of likely N-dealkylation sites (tertiary alicyclic amines) is 1. The second-order valence-corrected chi connectivity index (χ2v) is 4.94. The lowest BCUT2D eigenvalue weighted by Crippen LogP contribution is -2.50. The fourth-order valence-electron chi connectivity index (χ4n) is 2.31. The van der Waals surface area contributed by atoms with E-state index in [1.54, 1.807) is 0 Å². The molecular weight excluding hydrogens is 262 g/mol. The second-order valence-electron chi connectivity index (χ2n) is 4.94. The summed E-state index contributed by atoms with van der Waals surface area (Å²) in [6, 6.07) is 2.23. The van der Waals surface area contributed by atoms with E-state index < -0.39 is 17.9 Å². The fraction of sp³-hybridized carbons (Fsp3) is 0.538. The van der Waals surface area contributed by atoms with E-state index in [2.05, 4.69) is 10.2 Å². The van der Waals surface area contributed by atoms with Crippen LogP contribution < -0.4 is 4.74 Å². The first-order valence-corrected chi connectivity index (χ1v) is 6.44. The molecule has 1 saturated heterocycles. The molecule has 7 heteroatoms. The van der Waals surface area contributed by atoms with Crippen LogP contribution in [-0.2, 0) is 4.79 Å². The summed E-state index contributed by atoms with van der Waals surface area (Å²) < 4.78 is 4.88. The number of carboxylic acids is 1. The minimum Gasteiger partial charge on any atom is -0.480 e. The number of ether oxygens (including phenoxy) is 1. The van der Waals surface area contributed by atoms with E-state index in [-0.39, 0.29) is 5.69 Å². The van der Waals surface area contributed by atoms with Gasteiger partial charge in [0.05, 0.1) is 7.11 Å². The average molecular weight is 279 g/mol. The van der Waals surface area contributed by atoms with Gasteiger partial charge in [-0.05, 0) is 24.8 Å². The van der Waals surface area contributed by atoms with E-state index in [1.807, 2.05) is 6.92 Å². The summed E-state index contributed by atoms with van der Waals surface area (Å²) in [6.45, 7) is 2.41. The first-order valence-electron chi connectivity index (χ1n) is 6.44. The third-order valence-corrected chi connectivity index (χ3v) is 3.48. The number of aliphatic carboxylic acids is 1. The van der Waals surface area contributed by atoms with Gasteiger partial charge in [-0.2, -0.15) is 0 Å². The van der Waals surface area contributed by atoms with Crippen LogP contribution in [0, 0.1) is 5.92 Å². The highest BCUT2D eigenvalue weighted by atomic mass is 16.5. The lowest BCUT2D eigenvalue weighted by molar-refractivity contribution is -0.144. The van der Waals surface area contributed by atoms with E-state index in [4.69, 9.17) is 4.74 Å². The molecule has 0 spiro atoms. The summed E-state index contributed by atoms with van der Waals surface area (Å²) >= 11 is 0. The number of hydrogen-bond acceptors (Lipinski definition) is 5. The number of hydrogen-bond donors (Lipinski definition) is 1. The SMILES string of the molecule is COc1ccc(C(=O)N2CCC(C)CC2C(=O)O)nn1. The highest BCUT2D eigenvalue weighted by Crippen LogP contribution is 2.24. The molecule has 1 aromatic heterocycles. The monoisotopic (exact) mass is 279 g/mol. The largest absolute Gasteiger partial charge is 0.480 e. The number of nitrogens with zero attached hydrogens (tertiary/aromatic N) is 3. The summed E-state index contributed by atoms with van der Waals surface area (Å²) in [5.74, 6) is -0.781. The molecule has 0 aromatic carbocycles. The van der Waals surface area contributed by atoms with Gasteiger partial charge in [-0.3, -0.25) is 4.79 Å². The summed E-state index contributed by atoms with van der Waals surface area (Å²) in [7, 11) is 1.46. The van der Waals surface area contributed by atoms with Crippen LogP contribution in [0.5, 0.6) is 5.88 Å². The van der Waals surface area contributed by atoms with Crippen LogP contribution in [-0.4, -0.2) is 51.8 Å². The zero-order valence-corrected chi connectivity index (χ0v) is 11.4. The number of piperidine rings is 1. The molecule has 2 unspecified atom stereocenters. The van der Waals surface area contributed by atoms with Gasteiger partial charge < -0.3 is 14.7 Å². The van der Waals surface area contributed by atoms with Crippen molar-refractivity contribution in [2.75, 3.05) is 13.7 Å². The molecule has 1 aliphatic rings. The molecule has 0 saturated carbocycles. The topological polar surface area (TPSA) is 92.6 Å². The zero-order valence-electron chi connectivity index (χ0n) is 11.4. The van der Waals surface area contributed by atoms with Crippen molar-refractivity contribution in [3.8, 4) is 5.88 Å². The molecule has 1 aromatic rings. The molecule has 1 fully saturated rings. The van der Waals surface area contributed by atoms with Crippen molar-refractivity contribution in [3.05, 3.63) is 17.8 Å². The Morgan fingerprint density at radius 2 is 2.15 bits per heavy atom. The molecule has 2 atom stereocenters. The van der Waals surface area contributed by atoms with Crippen LogP contribution in [0.4, 0.5) is 0 Å². The van der Waals surface area contributed by atoms with Gasteiger partial charge in [0.15, 0.2) is 5.69 Å². The highest BCUT2D eigenvalue weighted by Gasteiger charge is 2.35. The highest BCUT2D eigenvalue weighted by molar-refractivity contribution is 5.95. The van der Waals surface area contributed by atoms with Gasteiger partial charge in [0, 0.05) is 12.6 Å². The molecule has 0 aliphatic carbocycles. The summed E-state index contributed by atoms with van der Waals surface area (Å²) in [4.78, 5) is 25.0. The first kappa shape index (κ1) is 14.2. The van der Waals surface area contributed by atoms with E-state index in [0.29, 0.717) is 24.8 Å². The van der Waals surface area contributed by atoms with Crippen molar-refractivity contribution in [2.24, 2.45) is 5.92 Å². The maximum Gasteiger partial charge on any atom is 0.326 e. The minimum absolute atomic E-state index is 0.131. The molecule has 0 radical (unpaired) electrons. The van der Waals surface area contributed by atoms with Gasteiger partial charge in [0.2, 0.25) is 5.88 Å². The van der Waals surface area contributed by atoms with Crippen molar-refractivity contribution in [1.82, 2.24) is 15.1 Å². The first-order chi connectivity index (χ1) is 9.52. The van der Waals surface area contributed by atoms with Crippen LogP contribution in [0.15, 0.2) is 12.1 Å². The summed E-state index contributed by atoms with van der Waals surface area (Å²) in [5, 5.41) is 16.8. The van der Waals surface area contributed by atoms with Crippen LogP contribution in [0.2, 0.25) is 0 Å². The number of aromatic nitrogens is 2. The zero-order chi connectivity index (χ0) is 14.7. The molecule has 1 N–H and O–H groups in total. The quantitative estimate of drug-likeness (QED) is 0.880. The summed E-state index contributed by atoms with van der Waals surface area (Å²) in [5.41, 5.74) is 0.131. The van der Waals surface area contributed by atoms with Gasteiger partial charge in [-0.1, -0.05) is 6.92 Å². The Labute approximate surface area is 116 Å². The van der Waals surface area contributed by atoms with Gasteiger partial charge >= 0.3 is 5.97 Å². The maximum atomic E-state index is 12.3. The predicted molar refractivity (Wildman–Crippen MR) is 69.4 cm³/mol. The van der Waals surface area contributed by atoms with Crippen LogP contribution in [0.25, 0.3) is 0 Å². The molecule has 1 amide bonds. The third kappa shape index (κ3) is 2.87. The number of carboxylic acid groups (broad SMARTS) is 1. The van der Waals surface area contributed by atoms with Gasteiger partial charge in [0.25, 0.3) is 5.91 Å². The van der Waals surface area contributed by atoms with Crippen LogP contribution in [0.1, 0.15) is 30.3 Å². The lowest BCUT2D eigenvalue weighted by Gasteiger charge is -2.35. The Bertz CT molecular complexity index is 503. The normalized spacial score (nSPS) is 22.4. The Kier molecular flexibility index (Phi) is 4.16. The Morgan fingerprint density at radius 1 is 1.40 bits per heavy atom. The van der Waals surface area contributed by atoms with Gasteiger partial charge in [0.1, 0.15) is 6.04 Å². The van der Waals surface area contributed by atoms with Crippen LogP contribution in [0.3, 0.4) is 0 Å². The van der Waals surface area contributed by atoms with E-state index in [9.17, 15) is 14.7 Å². The third-order valence-electron chi connectivity index (χ3n) is 3.48. The smallest absolute Gasteiger partial charge is 0.326 e. The maximum absolute atomic E-state index is 12.3. The molecule has 0 bridgehead atoms. The molecule has 20 heavy (non-hydrogen) atoms. The molecule has 7 nitrogen and oxygen atoms in total. The lowest BCUT2D eigenvalue weighted by atomic mass is 9.92. The average Bonchev–Trinajstić information content (AvgIpc) is 2.46. The van der Waals surface area contributed by atoms with Crippen molar-refractivity contribution in [3.63, 3.8) is 0 Å². The Morgan fingerprint density at radius 3 is 2.70 bits per heavy atom. The number of carbonyl (C=O) groups is 2. The van der Waals surface area contributed by atoms with Crippen molar-refractivity contribution < 1.29 is 19.4 Å². The summed E-state index contributed by atoms with van der Waals surface area (Å²) in [6.07, 6.45) is 1.25. The van der Waals surface area contributed by atoms with E-state index in [1.165, 1.54) is 24.1 Å². The number of carbonyl (C=O) groups excluding carboxylic acids is 1. The molecule has 1 aliphatic heterocycles. The van der Waals surface area contributed by atoms with E-state index >= 15 is 0 Å². The fourth-order valence-corrected chi connectivity index (χ4v) is 2.31. The van der Waals surface area contributed by atoms with E-state index in [0.717, 1.165) is 6.42 Å². The van der Waals surface area contributed by atoms with Gasteiger partial charge in [-0.25, -0.2) is 4.79 Å². The number of methoxy groups -OCH3 is 1. The van der Waals surface area contributed by atoms with Gasteiger partial charge in [-0.15, -0.1) is 10.2 Å². The standard InChI is InChI=1S/C13H17N3O4/c1-8-5-6-16(10(7-8)13(18)19)12(17)9-3-4-11(20-2)15-14-9/h3-4,8,10H,5-7H2,1-2H3,(H,18,19).